The van der Waals surface area contributed by atoms with E-state index in [0.717, 1.165) is 11.2 Å². The van der Waals surface area contributed by atoms with E-state index < -0.39 is 6.04 Å². The molecular formula is C18H16N4O. The molecule has 0 radical (unpaired) electrons. The molecule has 0 aliphatic carbocycles. The zero-order valence-electron chi connectivity index (χ0n) is 12.9. The second kappa shape index (κ2) is 5.05. The van der Waals surface area contributed by atoms with E-state index in [1.54, 1.807) is 0 Å². The van der Waals surface area contributed by atoms with Crippen LogP contribution in [-0.4, -0.2) is 27.0 Å². The van der Waals surface area contributed by atoms with Gasteiger partial charge in [0.2, 0.25) is 5.78 Å². The molecular weight excluding hydrogens is 288 g/mol. The van der Waals surface area contributed by atoms with Crippen LogP contribution < -0.4 is 5.32 Å². The summed E-state index contributed by atoms with van der Waals surface area (Å²) < 4.78 is 1.81. The lowest BCUT2D eigenvalue weighted by molar-refractivity contribution is 0.0965. The van der Waals surface area contributed by atoms with Crippen molar-refractivity contribution in [2.45, 2.75) is 19.9 Å². The first-order valence-electron chi connectivity index (χ1n) is 7.56. The highest BCUT2D eigenvalue weighted by Gasteiger charge is 2.28. The zero-order chi connectivity index (χ0) is 16.0. The minimum Gasteiger partial charge on any atom is -0.323 e. The fraction of sp³-hybridized carbons (Fsp3) is 0.167. The van der Waals surface area contributed by atoms with Gasteiger partial charge in [-0.05, 0) is 26.0 Å². The lowest BCUT2D eigenvalue weighted by Crippen LogP contribution is -2.17. The number of nitrogens with zero attached hydrogens (tertiary/aromatic N) is 3. The molecule has 114 valence electrons. The number of benzene rings is 1. The van der Waals surface area contributed by atoms with Crippen LogP contribution >= 0.6 is 0 Å². The molecule has 3 aromatic rings. The van der Waals surface area contributed by atoms with E-state index >= 15 is 0 Å². The van der Waals surface area contributed by atoms with Crippen LogP contribution in [0, 0.1) is 6.92 Å². The van der Waals surface area contributed by atoms with E-state index in [0.29, 0.717) is 17.3 Å². The van der Waals surface area contributed by atoms with Gasteiger partial charge in [0.1, 0.15) is 23.2 Å². The number of carbonyl (C=O) groups is 1. The molecule has 1 aromatic carbocycles. The predicted octanol–water partition coefficient (Wildman–Crippen LogP) is 3.09. The van der Waals surface area contributed by atoms with E-state index in [1.807, 2.05) is 66.9 Å². The van der Waals surface area contributed by atoms with E-state index in [9.17, 15) is 4.79 Å². The minimum absolute atomic E-state index is 0.0340. The SMILES string of the molecule is Cc1ccc(C2=N[C@@H](C)C(=O)c3c(nc4ccccn34)N2)cc1. The van der Waals surface area contributed by atoms with Gasteiger partial charge in [-0.15, -0.1) is 0 Å². The number of aryl methyl sites for hydroxylation is 1. The van der Waals surface area contributed by atoms with Crippen LogP contribution in [0.25, 0.3) is 5.65 Å². The first-order chi connectivity index (χ1) is 11.1. The van der Waals surface area contributed by atoms with Crippen molar-refractivity contribution >= 4 is 23.1 Å². The van der Waals surface area contributed by atoms with Crippen molar-refractivity contribution in [2.75, 3.05) is 5.32 Å². The number of nitrogens with one attached hydrogen (secondary N) is 1. The Bertz CT molecular complexity index is 937. The molecule has 0 amide bonds. The molecule has 2 aromatic heterocycles. The molecule has 0 spiro atoms. The molecule has 0 bridgehead atoms. The van der Waals surface area contributed by atoms with Crippen LogP contribution in [0.1, 0.15) is 28.5 Å². The van der Waals surface area contributed by atoms with Crippen LogP contribution in [-0.2, 0) is 0 Å². The third kappa shape index (κ3) is 2.21. The first-order valence-corrected chi connectivity index (χ1v) is 7.56. The average Bonchev–Trinajstić information content (AvgIpc) is 2.86. The second-order valence-corrected chi connectivity index (χ2v) is 5.75. The number of fused-ring (bicyclic) bond motifs is 3. The van der Waals surface area contributed by atoms with Crippen molar-refractivity contribution in [1.82, 2.24) is 9.38 Å². The summed E-state index contributed by atoms with van der Waals surface area (Å²) in [5.41, 5.74) is 3.43. The van der Waals surface area contributed by atoms with Gasteiger partial charge < -0.3 is 5.32 Å². The highest BCUT2D eigenvalue weighted by Crippen LogP contribution is 2.24. The molecule has 5 heteroatoms. The number of Topliss-reactive ketones (excluding diaryl/α,β-unsaturated/α-hetero) is 1. The highest BCUT2D eigenvalue weighted by molar-refractivity contribution is 6.15. The molecule has 1 aliphatic rings. The Morgan fingerprint density at radius 1 is 1.13 bits per heavy atom. The fourth-order valence-electron chi connectivity index (χ4n) is 2.77. The monoisotopic (exact) mass is 304 g/mol. The van der Waals surface area contributed by atoms with Crippen molar-refractivity contribution < 1.29 is 4.79 Å². The summed E-state index contributed by atoms with van der Waals surface area (Å²) >= 11 is 0. The van der Waals surface area contributed by atoms with Gasteiger partial charge in [0.25, 0.3) is 0 Å². The van der Waals surface area contributed by atoms with Gasteiger partial charge in [-0.2, -0.15) is 0 Å². The zero-order valence-corrected chi connectivity index (χ0v) is 12.9. The number of anilines is 1. The van der Waals surface area contributed by atoms with Crippen molar-refractivity contribution in [2.24, 2.45) is 4.99 Å². The van der Waals surface area contributed by atoms with E-state index in [-0.39, 0.29) is 5.78 Å². The predicted molar refractivity (Wildman–Crippen MR) is 90.3 cm³/mol. The summed E-state index contributed by atoms with van der Waals surface area (Å²) in [4.78, 5) is 21.8. The first kappa shape index (κ1) is 13.7. The maximum Gasteiger partial charge on any atom is 0.207 e. The Morgan fingerprint density at radius 3 is 2.70 bits per heavy atom. The summed E-state index contributed by atoms with van der Waals surface area (Å²) in [6.07, 6.45) is 1.85. The van der Waals surface area contributed by atoms with E-state index in [1.165, 1.54) is 5.56 Å². The fourth-order valence-corrected chi connectivity index (χ4v) is 2.77. The largest absolute Gasteiger partial charge is 0.323 e. The number of rotatable bonds is 1. The molecule has 4 rings (SSSR count). The number of hydrogen-bond donors (Lipinski definition) is 1. The normalized spacial score (nSPS) is 17.4. The Morgan fingerprint density at radius 2 is 1.91 bits per heavy atom. The van der Waals surface area contributed by atoms with Gasteiger partial charge in [-0.1, -0.05) is 35.9 Å². The number of carbonyl (C=O) groups excluding carboxylic acids is 1. The Kier molecular flexibility index (Phi) is 3.01. The summed E-state index contributed by atoms with van der Waals surface area (Å²) in [5.74, 6) is 1.20. The van der Waals surface area contributed by atoms with Crippen molar-refractivity contribution in [3.63, 3.8) is 0 Å². The summed E-state index contributed by atoms with van der Waals surface area (Å²) in [7, 11) is 0. The van der Waals surface area contributed by atoms with Gasteiger partial charge in [0.05, 0.1) is 0 Å². The van der Waals surface area contributed by atoms with Crippen LogP contribution in [0.15, 0.2) is 53.7 Å². The molecule has 5 nitrogen and oxygen atoms in total. The quantitative estimate of drug-likeness (QED) is 0.751. The molecule has 0 saturated heterocycles. The van der Waals surface area contributed by atoms with Crippen LogP contribution in [0.5, 0.6) is 0 Å². The van der Waals surface area contributed by atoms with Crippen molar-refractivity contribution in [1.29, 1.82) is 0 Å². The molecule has 1 aliphatic heterocycles. The van der Waals surface area contributed by atoms with Crippen LogP contribution in [0.3, 0.4) is 0 Å². The van der Waals surface area contributed by atoms with Gasteiger partial charge in [-0.3, -0.25) is 14.2 Å². The minimum atomic E-state index is -0.458. The van der Waals surface area contributed by atoms with Crippen molar-refractivity contribution in [3.8, 4) is 0 Å². The highest BCUT2D eigenvalue weighted by atomic mass is 16.1. The van der Waals surface area contributed by atoms with Gasteiger partial charge in [0.15, 0.2) is 5.82 Å². The summed E-state index contributed by atoms with van der Waals surface area (Å²) in [6, 6.07) is 13.3. The Balaban J connectivity index is 1.88. The third-order valence-electron chi connectivity index (χ3n) is 4.03. The molecule has 0 fully saturated rings. The molecule has 23 heavy (non-hydrogen) atoms. The van der Waals surface area contributed by atoms with Crippen LogP contribution in [0.4, 0.5) is 5.82 Å². The van der Waals surface area contributed by atoms with Crippen LogP contribution in [0.2, 0.25) is 0 Å². The third-order valence-corrected chi connectivity index (χ3v) is 4.03. The Hall–Kier alpha value is -2.95. The number of pyridine rings is 1. The molecule has 1 N–H and O–H groups in total. The number of amidine groups is 1. The number of imidazole rings is 1. The van der Waals surface area contributed by atoms with Gasteiger partial charge in [-0.25, -0.2) is 4.98 Å². The maximum absolute atomic E-state index is 12.7. The number of aliphatic imine (C=N–C) groups is 1. The van der Waals surface area contributed by atoms with Gasteiger partial charge in [0, 0.05) is 11.8 Å². The number of ketones is 1. The smallest absolute Gasteiger partial charge is 0.207 e. The topological polar surface area (TPSA) is 58.8 Å². The molecule has 3 heterocycles. The lowest BCUT2D eigenvalue weighted by atomic mass is 10.1. The van der Waals surface area contributed by atoms with E-state index in [2.05, 4.69) is 15.3 Å². The molecule has 1 atom stereocenters. The summed E-state index contributed by atoms with van der Waals surface area (Å²) in [6.45, 7) is 3.86. The standard InChI is InChI=1S/C18H16N4O/c1-11-6-8-13(9-7-11)17-19-12(2)16(23)15-18(21-17)20-14-5-3-4-10-22(14)15/h3-10,12H,1-2H3,(H,19,21)/t12-/m0/s1. The lowest BCUT2D eigenvalue weighted by Gasteiger charge is -2.07. The Labute approximate surface area is 133 Å². The average molecular weight is 304 g/mol. The number of hydrogen-bond acceptors (Lipinski definition) is 4. The maximum atomic E-state index is 12.7. The molecule has 0 saturated carbocycles. The summed E-state index contributed by atoms with van der Waals surface area (Å²) in [5, 5.41) is 3.24. The van der Waals surface area contributed by atoms with E-state index in [4.69, 9.17) is 0 Å². The van der Waals surface area contributed by atoms with Crippen molar-refractivity contribution in [3.05, 3.63) is 65.5 Å². The number of aromatic nitrogens is 2. The second-order valence-electron chi connectivity index (χ2n) is 5.75. The van der Waals surface area contributed by atoms with Gasteiger partial charge >= 0.3 is 0 Å². The molecule has 0 unspecified atom stereocenters.